The van der Waals surface area contributed by atoms with Gasteiger partial charge in [-0.15, -0.1) is 0 Å². The first-order valence-corrected chi connectivity index (χ1v) is 10.1. The first-order chi connectivity index (χ1) is 13.9. The van der Waals surface area contributed by atoms with Crippen molar-refractivity contribution >= 4 is 11.6 Å². The summed E-state index contributed by atoms with van der Waals surface area (Å²) in [7, 11) is 0. The van der Waals surface area contributed by atoms with Crippen molar-refractivity contribution in [3.8, 4) is 0 Å². The lowest BCUT2D eigenvalue weighted by atomic mass is 9.86. The highest BCUT2D eigenvalue weighted by atomic mass is 35.5. The predicted octanol–water partition coefficient (Wildman–Crippen LogP) is 1.65. The van der Waals surface area contributed by atoms with Gasteiger partial charge in [-0.3, -0.25) is 0 Å². The molecular formula is C22H25ClO6. The molecule has 2 aromatic rings. The quantitative estimate of drug-likeness (QED) is 0.600. The van der Waals surface area contributed by atoms with Crippen LogP contribution in [0, 0.1) is 0 Å². The van der Waals surface area contributed by atoms with Crippen LogP contribution in [0.3, 0.4) is 0 Å². The summed E-state index contributed by atoms with van der Waals surface area (Å²) in [5.74, 6) is -1.66. The second kappa shape index (κ2) is 7.96. The van der Waals surface area contributed by atoms with E-state index < -0.39 is 36.8 Å². The van der Waals surface area contributed by atoms with Crippen LogP contribution in [0.15, 0.2) is 36.4 Å². The molecule has 4 N–H and O–H groups in total. The summed E-state index contributed by atoms with van der Waals surface area (Å²) in [6.07, 6.45) is -3.99. The smallest absolute Gasteiger partial charge is 0.225 e. The zero-order valence-electron chi connectivity index (χ0n) is 16.1. The molecule has 0 bridgehead atoms. The third kappa shape index (κ3) is 3.49. The maximum atomic E-state index is 10.7. The van der Waals surface area contributed by atoms with E-state index in [-0.39, 0.29) is 6.61 Å². The van der Waals surface area contributed by atoms with Gasteiger partial charge in [0.25, 0.3) is 0 Å². The van der Waals surface area contributed by atoms with Crippen LogP contribution in [-0.2, 0) is 34.7 Å². The summed E-state index contributed by atoms with van der Waals surface area (Å²) in [6.45, 7) is 1.72. The van der Waals surface area contributed by atoms with E-state index >= 15 is 0 Å². The highest BCUT2D eigenvalue weighted by molar-refractivity contribution is 6.31. The monoisotopic (exact) mass is 420 g/mol. The molecule has 5 atom stereocenters. The second-order valence-electron chi connectivity index (χ2n) is 7.67. The van der Waals surface area contributed by atoms with Gasteiger partial charge in [-0.25, -0.2) is 0 Å². The molecule has 1 spiro atoms. The molecule has 1 fully saturated rings. The van der Waals surface area contributed by atoms with Gasteiger partial charge in [-0.1, -0.05) is 42.8 Å². The molecule has 6 nitrogen and oxygen atoms in total. The van der Waals surface area contributed by atoms with Gasteiger partial charge in [0.05, 0.1) is 13.2 Å². The SMILES string of the molecule is CCc1ccc(Cc2cc3c(cc2Cl)COC32O[C@H](CO)[C@@H](O)[C@H](O)[C@H]2O)cc1. The maximum absolute atomic E-state index is 10.7. The molecule has 0 radical (unpaired) electrons. The zero-order valence-corrected chi connectivity index (χ0v) is 16.8. The van der Waals surface area contributed by atoms with E-state index in [1.54, 1.807) is 6.07 Å². The Morgan fingerprint density at radius 1 is 1.07 bits per heavy atom. The first-order valence-electron chi connectivity index (χ1n) is 9.76. The molecule has 2 aromatic carbocycles. The van der Waals surface area contributed by atoms with Gasteiger partial charge in [0.15, 0.2) is 0 Å². The van der Waals surface area contributed by atoms with Gasteiger partial charge in [0.2, 0.25) is 5.79 Å². The molecule has 0 aromatic heterocycles. The average molecular weight is 421 g/mol. The molecule has 2 aliphatic rings. The molecule has 1 unspecified atom stereocenters. The highest BCUT2D eigenvalue weighted by Crippen LogP contribution is 2.47. The molecule has 0 amide bonds. The normalized spacial score (nSPS) is 31.2. The molecule has 7 heteroatoms. The Morgan fingerprint density at radius 3 is 2.41 bits per heavy atom. The molecule has 4 rings (SSSR count). The average Bonchev–Trinajstić information content (AvgIpc) is 3.08. The highest BCUT2D eigenvalue weighted by Gasteiger charge is 2.58. The molecule has 29 heavy (non-hydrogen) atoms. The first kappa shape index (κ1) is 20.8. The van der Waals surface area contributed by atoms with Crippen molar-refractivity contribution in [2.75, 3.05) is 6.61 Å². The fourth-order valence-electron chi connectivity index (χ4n) is 4.10. The van der Waals surface area contributed by atoms with Crippen LogP contribution in [0.5, 0.6) is 0 Å². The van der Waals surface area contributed by atoms with Crippen molar-refractivity contribution in [1.82, 2.24) is 0 Å². The topological polar surface area (TPSA) is 99.4 Å². The number of hydrogen-bond acceptors (Lipinski definition) is 6. The standard InChI is InChI=1S/C22H25ClO6/c1-2-12-3-5-13(6-4-12)7-14-8-16-15(9-17(14)23)11-28-22(16)21(27)20(26)19(25)18(10-24)29-22/h3-6,8-9,18-21,24-27H,2,7,10-11H2,1H3/t18-,19-,20+,21-,22?/m1/s1. The van der Waals surface area contributed by atoms with E-state index in [1.165, 1.54) is 5.56 Å². The van der Waals surface area contributed by atoms with E-state index in [1.807, 2.05) is 6.07 Å². The Bertz CT molecular complexity index is 884. The largest absolute Gasteiger partial charge is 0.394 e. The minimum atomic E-state index is -1.66. The third-order valence-corrected chi connectivity index (χ3v) is 6.22. The minimum Gasteiger partial charge on any atom is -0.394 e. The number of aliphatic hydroxyl groups is 4. The van der Waals surface area contributed by atoms with E-state index in [2.05, 4.69) is 31.2 Å². The van der Waals surface area contributed by atoms with Crippen LogP contribution in [-0.4, -0.2) is 51.4 Å². The minimum absolute atomic E-state index is 0.137. The number of aliphatic hydroxyl groups excluding tert-OH is 4. The maximum Gasteiger partial charge on any atom is 0.225 e. The number of rotatable bonds is 4. The number of ether oxygens (including phenoxy) is 2. The van der Waals surface area contributed by atoms with E-state index in [0.717, 1.165) is 23.1 Å². The van der Waals surface area contributed by atoms with Crippen molar-refractivity contribution in [2.24, 2.45) is 0 Å². The summed E-state index contributed by atoms with van der Waals surface area (Å²) in [5, 5.41) is 41.2. The predicted molar refractivity (Wildman–Crippen MR) is 107 cm³/mol. The lowest BCUT2D eigenvalue weighted by Crippen LogP contribution is -2.63. The Morgan fingerprint density at radius 2 is 1.76 bits per heavy atom. The number of fused-ring (bicyclic) bond motifs is 2. The van der Waals surface area contributed by atoms with Crippen molar-refractivity contribution in [1.29, 1.82) is 0 Å². The van der Waals surface area contributed by atoms with Crippen molar-refractivity contribution < 1.29 is 29.9 Å². The van der Waals surface area contributed by atoms with E-state index in [9.17, 15) is 20.4 Å². The summed E-state index contributed by atoms with van der Waals surface area (Å²) in [5.41, 5.74) is 4.46. The fraction of sp³-hybridized carbons (Fsp3) is 0.455. The lowest BCUT2D eigenvalue weighted by molar-refractivity contribution is -0.368. The molecule has 2 aliphatic heterocycles. The Balaban J connectivity index is 1.71. The number of halogens is 1. The third-order valence-electron chi connectivity index (χ3n) is 5.87. The summed E-state index contributed by atoms with van der Waals surface area (Å²) in [6, 6.07) is 11.9. The van der Waals surface area contributed by atoms with Crippen molar-refractivity contribution in [2.45, 2.75) is 56.6 Å². The Kier molecular flexibility index (Phi) is 5.70. The zero-order chi connectivity index (χ0) is 20.8. The van der Waals surface area contributed by atoms with E-state index in [0.29, 0.717) is 17.0 Å². The summed E-state index contributed by atoms with van der Waals surface area (Å²) >= 11 is 6.50. The van der Waals surface area contributed by atoms with Gasteiger partial charge in [-0.05, 0) is 47.2 Å². The van der Waals surface area contributed by atoms with E-state index in [4.69, 9.17) is 21.1 Å². The van der Waals surface area contributed by atoms with Gasteiger partial charge in [-0.2, -0.15) is 0 Å². The molecule has 0 saturated carbocycles. The van der Waals surface area contributed by atoms with Gasteiger partial charge in [0, 0.05) is 10.6 Å². The summed E-state index contributed by atoms with van der Waals surface area (Å²) < 4.78 is 11.6. The number of benzene rings is 2. The Hall–Kier alpha value is -1.51. The fourth-order valence-corrected chi connectivity index (χ4v) is 4.35. The number of hydrogen-bond donors (Lipinski definition) is 4. The second-order valence-corrected chi connectivity index (χ2v) is 8.08. The number of aryl methyl sites for hydroxylation is 1. The van der Waals surface area contributed by atoms with Gasteiger partial charge >= 0.3 is 0 Å². The van der Waals surface area contributed by atoms with Crippen LogP contribution in [0.25, 0.3) is 0 Å². The van der Waals surface area contributed by atoms with Gasteiger partial charge in [0.1, 0.15) is 24.4 Å². The molecule has 156 valence electrons. The van der Waals surface area contributed by atoms with Crippen LogP contribution in [0.1, 0.15) is 34.7 Å². The van der Waals surface area contributed by atoms with Gasteiger partial charge < -0.3 is 29.9 Å². The lowest BCUT2D eigenvalue weighted by Gasteiger charge is -2.46. The van der Waals surface area contributed by atoms with Crippen LogP contribution in [0.4, 0.5) is 0 Å². The Labute approximate surface area is 174 Å². The van der Waals surface area contributed by atoms with Crippen LogP contribution < -0.4 is 0 Å². The molecule has 1 saturated heterocycles. The molecule has 0 aliphatic carbocycles. The summed E-state index contributed by atoms with van der Waals surface area (Å²) in [4.78, 5) is 0. The van der Waals surface area contributed by atoms with Crippen molar-refractivity contribution in [3.05, 3.63) is 69.2 Å². The van der Waals surface area contributed by atoms with Crippen LogP contribution in [0.2, 0.25) is 5.02 Å². The van der Waals surface area contributed by atoms with Crippen molar-refractivity contribution in [3.63, 3.8) is 0 Å². The van der Waals surface area contributed by atoms with Crippen LogP contribution >= 0.6 is 11.6 Å². The molecular weight excluding hydrogens is 396 g/mol. The molecule has 2 heterocycles.